The number of carbonyl (C=O) groups is 1. The summed E-state index contributed by atoms with van der Waals surface area (Å²) in [7, 11) is 1.62. The summed E-state index contributed by atoms with van der Waals surface area (Å²) < 4.78 is 5.27. The predicted molar refractivity (Wildman–Crippen MR) is 90.7 cm³/mol. The molecule has 1 aromatic carbocycles. The Hall–Kier alpha value is -2.40. The lowest BCUT2D eigenvalue weighted by Crippen LogP contribution is -2.33. The summed E-state index contributed by atoms with van der Waals surface area (Å²) in [4.78, 5) is 18.7. The molecule has 24 heavy (non-hydrogen) atoms. The van der Waals surface area contributed by atoms with Crippen LogP contribution in [0.4, 0.5) is 0 Å². The highest BCUT2D eigenvalue weighted by Crippen LogP contribution is 2.34. The molecule has 1 aromatic heterocycles. The number of aryl methyl sites for hydroxylation is 1. The number of amides is 1. The van der Waals surface area contributed by atoms with Crippen LogP contribution in [0.25, 0.3) is 0 Å². The van der Waals surface area contributed by atoms with Crippen molar-refractivity contribution in [3.05, 3.63) is 59.4 Å². The molecule has 1 saturated heterocycles. The van der Waals surface area contributed by atoms with Gasteiger partial charge in [0.15, 0.2) is 0 Å². The van der Waals surface area contributed by atoms with Crippen LogP contribution in [-0.4, -0.2) is 40.7 Å². The van der Waals surface area contributed by atoms with Crippen molar-refractivity contribution in [3.8, 4) is 5.75 Å². The SMILES string of the molecule is COc1cccc(C2CC(O)CN2C(=O)Cc2ccc(C)nc2)c1. The smallest absolute Gasteiger partial charge is 0.227 e. The highest BCUT2D eigenvalue weighted by molar-refractivity contribution is 5.79. The third kappa shape index (κ3) is 3.57. The number of ether oxygens (including phenoxy) is 1. The number of hydrogen-bond donors (Lipinski definition) is 1. The van der Waals surface area contributed by atoms with Crippen LogP contribution in [-0.2, 0) is 11.2 Å². The van der Waals surface area contributed by atoms with Crippen molar-refractivity contribution >= 4 is 5.91 Å². The molecule has 1 fully saturated rings. The van der Waals surface area contributed by atoms with Gasteiger partial charge < -0.3 is 14.7 Å². The van der Waals surface area contributed by atoms with Crippen molar-refractivity contribution in [3.63, 3.8) is 0 Å². The Morgan fingerprint density at radius 2 is 2.21 bits per heavy atom. The molecule has 1 aliphatic rings. The standard InChI is InChI=1S/C19H22N2O3/c1-13-6-7-14(11-20-13)8-19(23)21-12-16(22)10-18(21)15-4-3-5-17(9-15)24-2/h3-7,9,11,16,18,22H,8,10,12H2,1-2H3. The van der Waals surface area contributed by atoms with Gasteiger partial charge in [-0.25, -0.2) is 0 Å². The number of hydrogen-bond acceptors (Lipinski definition) is 4. The van der Waals surface area contributed by atoms with Gasteiger partial charge in [-0.3, -0.25) is 9.78 Å². The molecule has 0 bridgehead atoms. The van der Waals surface area contributed by atoms with Crippen molar-refractivity contribution in [2.75, 3.05) is 13.7 Å². The number of carbonyl (C=O) groups excluding carboxylic acids is 1. The van der Waals surface area contributed by atoms with Crippen LogP contribution in [0.15, 0.2) is 42.6 Å². The number of rotatable bonds is 4. The van der Waals surface area contributed by atoms with Crippen LogP contribution in [0, 0.1) is 6.92 Å². The van der Waals surface area contributed by atoms with Crippen molar-refractivity contribution in [1.29, 1.82) is 0 Å². The molecule has 5 heteroatoms. The van der Waals surface area contributed by atoms with Crippen molar-refractivity contribution in [2.45, 2.75) is 31.9 Å². The van der Waals surface area contributed by atoms with Gasteiger partial charge in [0.25, 0.3) is 0 Å². The van der Waals surface area contributed by atoms with Crippen LogP contribution in [0.3, 0.4) is 0 Å². The van der Waals surface area contributed by atoms with Gasteiger partial charge in [-0.15, -0.1) is 0 Å². The zero-order valence-corrected chi connectivity index (χ0v) is 14.0. The molecule has 3 rings (SSSR count). The maximum Gasteiger partial charge on any atom is 0.227 e. The van der Waals surface area contributed by atoms with Crippen molar-refractivity contribution in [2.24, 2.45) is 0 Å². The maximum atomic E-state index is 12.7. The van der Waals surface area contributed by atoms with Gasteiger partial charge in [0, 0.05) is 18.4 Å². The molecule has 2 heterocycles. The van der Waals surface area contributed by atoms with E-state index in [1.54, 1.807) is 18.2 Å². The van der Waals surface area contributed by atoms with E-state index in [2.05, 4.69) is 4.98 Å². The lowest BCUT2D eigenvalue weighted by Gasteiger charge is -2.25. The van der Waals surface area contributed by atoms with Crippen molar-refractivity contribution < 1.29 is 14.6 Å². The third-order valence-corrected chi connectivity index (χ3v) is 4.41. The second-order valence-electron chi connectivity index (χ2n) is 6.21. The average molecular weight is 326 g/mol. The molecule has 1 amide bonds. The summed E-state index contributed by atoms with van der Waals surface area (Å²) >= 11 is 0. The van der Waals surface area contributed by atoms with Crippen LogP contribution < -0.4 is 4.74 Å². The zero-order chi connectivity index (χ0) is 17.1. The molecule has 2 aromatic rings. The van der Waals surface area contributed by atoms with E-state index in [0.29, 0.717) is 19.4 Å². The summed E-state index contributed by atoms with van der Waals surface area (Å²) in [6.45, 7) is 2.28. The number of nitrogens with zero attached hydrogens (tertiary/aromatic N) is 2. The highest BCUT2D eigenvalue weighted by atomic mass is 16.5. The van der Waals surface area contributed by atoms with Gasteiger partial charge in [-0.1, -0.05) is 18.2 Å². The predicted octanol–water partition coefficient (Wildman–Crippen LogP) is 2.28. The number of pyridine rings is 1. The van der Waals surface area contributed by atoms with Gasteiger partial charge in [-0.2, -0.15) is 0 Å². The van der Waals surface area contributed by atoms with E-state index in [1.165, 1.54) is 0 Å². The van der Waals surface area contributed by atoms with E-state index in [4.69, 9.17) is 4.74 Å². The van der Waals surface area contributed by atoms with Gasteiger partial charge in [-0.05, 0) is 42.7 Å². The molecule has 0 radical (unpaired) electrons. The molecule has 0 spiro atoms. The van der Waals surface area contributed by atoms with E-state index in [0.717, 1.165) is 22.6 Å². The molecule has 2 atom stereocenters. The van der Waals surface area contributed by atoms with E-state index in [9.17, 15) is 9.90 Å². The Kier molecular flexibility index (Phi) is 4.81. The van der Waals surface area contributed by atoms with E-state index in [1.807, 2.05) is 43.3 Å². The minimum absolute atomic E-state index is 0.00465. The second-order valence-corrected chi connectivity index (χ2v) is 6.21. The third-order valence-electron chi connectivity index (χ3n) is 4.41. The highest BCUT2D eigenvalue weighted by Gasteiger charge is 2.35. The summed E-state index contributed by atoms with van der Waals surface area (Å²) in [5, 5.41) is 10.1. The molecule has 0 saturated carbocycles. The normalized spacial score (nSPS) is 20.2. The fraction of sp³-hybridized carbons (Fsp3) is 0.368. The van der Waals surface area contributed by atoms with Crippen LogP contribution >= 0.6 is 0 Å². The first-order chi connectivity index (χ1) is 11.6. The van der Waals surface area contributed by atoms with E-state index < -0.39 is 6.10 Å². The Labute approximate surface area is 141 Å². The largest absolute Gasteiger partial charge is 0.497 e. The van der Waals surface area contributed by atoms with Crippen LogP contribution in [0.2, 0.25) is 0 Å². The molecule has 2 unspecified atom stereocenters. The number of methoxy groups -OCH3 is 1. The summed E-state index contributed by atoms with van der Waals surface area (Å²) in [6, 6.07) is 11.4. The summed E-state index contributed by atoms with van der Waals surface area (Å²) in [5.74, 6) is 0.758. The number of aliphatic hydroxyl groups excluding tert-OH is 1. The number of benzene rings is 1. The molecule has 0 aliphatic carbocycles. The Morgan fingerprint density at radius 3 is 2.92 bits per heavy atom. The van der Waals surface area contributed by atoms with Gasteiger partial charge >= 0.3 is 0 Å². The Morgan fingerprint density at radius 1 is 1.38 bits per heavy atom. The molecule has 5 nitrogen and oxygen atoms in total. The average Bonchev–Trinajstić information content (AvgIpc) is 2.99. The fourth-order valence-electron chi connectivity index (χ4n) is 3.13. The summed E-state index contributed by atoms with van der Waals surface area (Å²) in [5.41, 5.74) is 2.80. The maximum absolute atomic E-state index is 12.7. The Bertz CT molecular complexity index is 715. The van der Waals surface area contributed by atoms with E-state index in [-0.39, 0.29) is 11.9 Å². The molecular formula is C19H22N2O3. The minimum atomic E-state index is -0.499. The number of aliphatic hydroxyl groups is 1. The lowest BCUT2D eigenvalue weighted by atomic mass is 10.0. The molecule has 1 N–H and O–H groups in total. The van der Waals surface area contributed by atoms with E-state index >= 15 is 0 Å². The van der Waals surface area contributed by atoms with Crippen molar-refractivity contribution in [1.82, 2.24) is 9.88 Å². The van der Waals surface area contributed by atoms with Gasteiger partial charge in [0.05, 0.1) is 25.7 Å². The molecule has 1 aliphatic heterocycles. The second kappa shape index (κ2) is 7.01. The quantitative estimate of drug-likeness (QED) is 0.936. The first-order valence-corrected chi connectivity index (χ1v) is 8.10. The molecular weight excluding hydrogens is 304 g/mol. The lowest BCUT2D eigenvalue weighted by molar-refractivity contribution is -0.131. The number of β-amino-alcohol motifs (C(OH)–C–C–N with tert-alkyl or cyclic N) is 1. The number of likely N-dealkylation sites (tertiary alicyclic amines) is 1. The van der Waals surface area contributed by atoms with Gasteiger partial charge in [0.1, 0.15) is 5.75 Å². The molecule has 126 valence electrons. The first kappa shape index (κ1) is 16.5. The monoisotopic (exact) mass is 326 g/mol. The fourth-order valence-corrected chi connectivity index (χ4v) is 3.13. The van der Waals surface area contributed by atoms with Crippen LogP contribution in [0.5, 0.6) is 5.75 Å². The Balaban J connectivity index is 1.79. The first-order valence-electron chi connectivity index (χ1n) is 8.10. The minimum Gasteiger partial charge on any atom is -0.497 e. The van der Waals surface area contributed by atoms with Gasteiger partial charge in [0.2, 0.25) is 5.91 Å². The van der Waals surface area contributed by atoms with Crippen LogP contribution in [0.1, 0.15) is 29.3 Å². The number of aromatic nitrogens is 1. The zero-order valence-electron chi connectivity index (χ0n) is 14.0. The topological polar surface area (TPSA) is 62.7 Å². The summed E-state index contributed by atoms with van der Waals surface area (Å²) in [6.07, 6.45) is 2.08.